The van der Waals surface area contributed by atoms with E-state index in [-0.39, 0.29) is 24.0 Å². The van der Waals surface area contributed by atoms with Gasteiger partial charge in [-0.25, -0.2) is 9.98 Å². The lowest BCUT2D eigenvalue weighted by Crippen LogP contribution is -2.40. The van der Waals surface area contributed by atoms with Crippen molar-refractivity contribution in [1.29, 1.82) is 0 Å². The van der Waals surface area contributed by atoms with E-state index in [1.54, 1.807) is 11.3 Å². The number of aromatic nitrogens is 1. The van der Waals surface area contributed by atoms with E-state index in [0.717, 1.165) is 42.8 Å². The van der Waals surface area contributed by atoms with Crippen LogP contribution >= 0.6 is 35.3 Å². The highest BCUT2D eigenvalue weighted by Crippen LogP contribution is 2.18. The normalized spacial score (nSPS) is 11.6. The lowest BCUT2D eigenvalue weighted by molar-refractivity contribution is 0.331. The van der Waals surface area contributed by atoms with E-state index in [0.29, 0.717) is 12.5 Å². The van der Waals surface area contributed by atoms with E-state index in [1.807, 2.05) is 0 Å². The van der Waals surface area contributed by atoms with Gasteiger partial charge in [0, 0.05) is 31.6 Å². The van der Waals surface area contributed by atoms with Crippen molar-refractivity contribution in [3.63, 3.8) is 0 Å². The molecule has 0 amide bonds. The molecule has 0 radical (unpaired) electrons. The standard InChI is InChI=1S/C20H31N5S.HI/c1-5-21-20(23-13-19-24-18(15-26-19)16(2)3)22-11-12-25(4)14-17-9-7-6-8-10-17;/h6-10,15-16H,5,11-14H2,1-4H3,(H2,21,22,23);1H. The van der Waals surface area contributed by atoms with Crippen LogP contribution in [0.2, 0.25) is 0 Å². The van der Waals surface area contributed by atoms with Gasteiger partial charge >= 0.3 is 0 Å². The summed E-state index contributed by atoms with van der Waals surface area (Å²) >= 11 is 1.69. The van der Waals surface area contributed by atoms with Crippen molar-refractivity contribution in [3.8, 4) is 0 Å². The molecule has 0 bridgehead atoms. The number of benzene rings is 1. The smallest absolute Gasteiger partial charge is 0.191 e. The molecule has 0 spiro atoms. The van der Waals surface area contributed by atoms with Crippen LogP contribution in [0.15, 0.2) is 40.7 Å². The third-order valence-corrected chi connectivity index (χ3v) is 4.81. The minimum Gasteiger partial charge on any atom is -0.357 e. The predicted octanol–water partition coefficient (Wildman–Crippen LogP) is 4.07. The highest BCUT2D eigenvalue weighted by atomic mass is 127. The Bertz CT molecular complexity index is 672. The zero-order valence-corrected chi connectivity index (χ0v) is 19.9. The van der Waals surface area contributed by atoms with E-state index in [4.69, 9.17) is 0 Å². The van der Waals surface area contributed by atoms with Crippen LogP contribution in [-0.2, 0) is 13.1 Å². The van der Waals surface area contributed by atoms with Crippen LogP contribution in [-0.4, -0.2) is 42.5 Å². The Labute approximate surface area is 184 Å². The first-order chi connectivity index (χ1) is 12.6. The van der Waals surface area contributed by atoms with Gasteiger partial charge in [0.2, 0.25) is 0 Å². The molecule has 150 valence electrons. The molecule has 27 heavy (non-hydrogen) atoms. The topological polar surface area (TPSA) is 52.6 Å². The van der Waals surface area contributed by atoms with Crippen LogP contribution in [0.5, 0.6) is 0 Å². The second-order valence-electron chi connectivity index (χ2n) is 6.67. The summed E-state index contributed by atoms with van der Waals surface area (Å²) in [6.07, 6.45) is 0. The molecule has 5 nitrogen and oxygen atoms in total. The molecule has 1 aromatic carbocycles. The van der Waals surface area contributed by atoms with Crippen LogP contribution in [0.3, 0.4) is 0 Å². The van der Waals surface area contributed by atoms with E-state index in [9.17, 15) is 0 Å². The van der Waals surface area contributed by atoms with Crippen LogP contribution in [0.4, 0.5) is 0 Å². The Kier molecular flexibility index (Phi) is 11.5. The molecule has 0 aliphatic carbocycles. The minimum absolute atomic E-state index is 0. The summed E-state index contributed by atoms with van der Waals surface area (Å²) in [6.45, 7) is 10.6. The van der Waals surface area contributed by atoms with Gasteiger partial charge < -0.3 is 15.5 Å². The molecule has 0 atom stereocenters. The van der Waals surface area contributed by atoms with Gasteiger partial charge in [0.05, 0.1) is 12.2 Å². The molecule has 1 heterocycles. The van der Waals surface area contributed by atoms with Crippen molar-refractivity contribution in [2.45, 2.75) is 39.8 Å². The molecule has 2 aromatic rings. The maximum Gasteiger partial charge on any atom is 0.191 e. The number of likely N-dealkylation sites (N-methyl/N-ethyl adjacent to an activating group) is 1. The maximum atomic E-state index is 4.66. The number of hydrogen-bond donors (Lipinski definition) is 2. The number of rotatable bonds is 9. The molecule has 0 aliphatic rings. The lowest BCUT2D eigenvalue weighted by atomic mass is 10.2. The molecule has 1 aromatic heterocycles. The summed E-state index contributed by atoms with van der Waals surface area (Å²) in [7, 11) is 2.14. The van der Waals surface area contributed by atoms with E-state index in [1.165, 1.54) is 5.56 Å². The highest BCUT2D eigenvalue weighted by molar-refractivity contribution is 14.0. The average molecular weight is 501 g/mol. The molecule has 7 heteroatoms. The second kappa shape index (κ2) is 13.1. The Hall–Kier alpha value is -1.19. The first-order valence-electron chi connectivity index (χ1n) is 9.27. The van der Waals surface area contributed by atoms with Crippen molar-refractivity contribution in [3.05, 3.63) is 52.0 Å². The monoisotopic (exact) mass is 501 g/mol. The lowest BCUT2D eigenvalue weighted by Gasteiger charge is -2.18. The van der Waals surface area contributed by atoms with Gasteiger partial charge in [-0.1, -0.05) is 44.2 Å². The third-order valence-electron chi connectivity index (χ3n) is 3.96. The van der Waals surface area contributed by atoms with Gasteiger partial charge in [0.1, 0.15) is 5.01 Å². The summed E-state index contributed by atoms with van der Waals surface area (Å²) in [5, 5.41) is 9.91. The number of thiazole rings is 1. The van der Waals surface area contributed by atoms with Crippen molar-refractivity contribution >= 4 is 41.3 Å². The number of nitrogens with one attached hydrogen (secondary N) is 2. The highest BCUT2D eigenvalue weighted by Gasteiger charge is 2.06. The van der Waals surface area contributed by atoms with Crippen molar-refractivity contribution in [2.75, 3.05) is 26.7 Å². The number of halogens is 1. The van der Waals surface area contributed by atoms with E-state index >= 15 is 0 Å². The largest absolute Gasteiger partial charge is 0.357 e. The zero-order valence-electron chi connectivity index (χ0n) is 16.7. The van der Waals surface area contributed by atoms with Gasteiger partial charge in [-0.15, -0.1) is 35.3 Å². The predicted molar refractivity (Wildman–Crippen MR) is 127 cm³/mol. The fourth-order valence-corrected chi connectivity index (χ4v) is 3.37. The van der Waals surface area contributed by atoms with Gasteiger partial charge in [-0.3, -0.25) is 0 Å². The van der Waals surface area contributed by atoms with Gasteiger partial charge in [-0.2, -0.15) is 0 Å². The summed E-state index contributed by atoms with van der Waals surface area (Å²) in [6, 6.07) is 10.5. The summed E-state index contributed by atoms with van der Waals surface area (Å²) in [4.78, 5) is 11.6. The summed E-state index contributed by atoms with van der Waals surface area (Å²) in [5.74, 6) is 1.32. The van der Waals surface area contributed by atoms with E-state index < -0.39 is 0 Å². The van der Waals surface area contributed by atoms with Crippen LogP contribution < -0.4 is 10.6 Å². The number of hydrogen-bond acceptors (Lipinski definition) is 4. The van der Waals surface area contributed by atoms with Gasteiger partial charge in [-0.05, 0) is 25.5 Å². The summed E-state index contributed by atoms with van der Waals surface area (Å²) in [5.41, 5.74) is 2.49. The Morgan fingerprint density at radius 1 is 1.22 bits per heavy atom. The average Bonchev–Trinajstić information content (AvgIpc) is 3.10. The SMILES string of the molecule is CCNC(=NCc1nc(C(C)C)cs1)NCCN(C)Cc1ccccc1.I. The molecule has 0 saturated carbocycles. The molecular weight excluding hydrogens is 469 g/mol. The second-order valence-corrected chi connectivity index (χ2v) is 7.61. The molecule has 2 rings (SSSR count). The summed E-state index contributed by atoms with van der Waals surface area (Å²) < 4.78 is 0. The molecule has 0 unspecified atom stereocenters. The van der Waals surface area contributed by atoms with Gasteiger partial charge in [0.25, 0.3) is 0 Å². The Morgan fingerprint density at radius 2 is 1.96 bits per heavy atom. The molecule has 0 fully saturated rings. The number of nitrogens with zero attached hydrogens (tertiary/aromatic N) is 3. The van der Waals surface area contributed by atoms with Crippen molar-refractivity contribution < 1.29 is 0 Å². The zero-order chi connectivity index (χ0) is 18.8. The molecule has 0 aliphatic heterocycles. The first kappa shape index (κ1) is 23.8. The van der Waals surface area contributed by atoms with E-state index in [2.05, 4.69) is 89.0 Å². The molecule has 0 saturated heterocycles. The molecular formula is C20H32IN5S. The fraction of sp³-hybridized carbons (Fsp3) is 0.500. The maximum absolute atomic E-state index is 4.66. The minimum atomic E-state index is 0. The molecule has 2 N–H and O–H groups in total. The van der Waals surface area contributed by atoms with Crippen molar-refractivity contribution in [1.82, 2.24) is 20.5 Å². The third kappa shape index (κ3) is 9.03. The number of guanidine groups is 1. The van der Waals surface area contributed by atoms with Crippen LogP contribution in [0.25, 0.3) is 0 Å². The van der Waals surface area contributed by atoms with Crippen LogP contribution in [0, 0.1) is 0 Å². The van der Waals surface area contributed by atoms with Gasteiger partial charge in [0.15, 0.2) is 5.96 Å². The van der Waals surface area contributed by atoms with Crippen LogP contribution in [0.1, 0.15) is 43.0 Å². The van der Waals surface area contributed by atoms with Crippen molar-refractivity contribution in [2.24, 2.45) is 4.99 Å². The quantitative estimate of drug-likeness (QED) is 0.309. The fourth-order valence-electron chi connectivity index (χ4n) is 2.49. The Balaban J connectivity index is 0.00000364. The first-order valence-corrected chi connectivity index (χ1v) is 10.2. The Morgan fingerprint density at radius 3 is 2.59 bits per heavy atom. The number of aliphatic imine (C=N–C) groups is 1.